The monoisotopic (exact) mass is 320 g/mol. The third-order valence-electron chi connectivity index (χ3n) is 9.05. The third-order valence-corrected chi connectivity index (χ3v) is 9.05. The van der Waals surface area contributed by atoms with E-state index in [1.807, 2.05) is 6.92 Å². The van der Waals surface area contributed by atoms with E-state index in [2.05, 4.69) is 6.92 Å². The quantitative estimate of drug-likeness (QED) is 0.805. The molecular formula is C20H32O3. The van der Waals surface area contributed by atoms with Crippen LogP contribution in [0, 0.1) is 39.9 Å². The van der Waals surface area contributed by atoms with E-state index in [0.29, 0.717) is 35.7 Å². The van der Waals surface area contributed by atoms with Gasteiger partial charge in [-0.05, 0) is 92.8 Å². The van der Waals surface area contributed by atoms with Crippen LogP contribution in [0.5, 0.6) is 0 Å². The Bertz CT molecular complexity index is 517. The summed E-state index contributed by atoms with van der Waals surface area (Å²) in [6.07, 6.45) is 10.5. The molecule has 1 spiro atoms. The molecule has 0 aromatic rings. The van der Waals surface area contributed by atoms with E-state index in [1.54, 1.807) is 0 Å². The molecule has 130 valence electrons. The van der Waals surface area contributed by atoms with Crippen LogP contribution in [0.1, 0.15) is 71.6 Å². The molecule has 5 aliphatic carbocycles. The first-order chi connectivity index (χ1) is 10.9. The minimum atomic E-state index is -0.571. The fourth-order valence-corrected chi connectivity index (χ4v) is 7.93. The Kier molecular flexibility index (Phi) is 3.44. The van der Waals surface area contributed by atoms with Gasteiger partial charge in [0.1, 0.15) is 0 Å². The number of aliphatic carboxylic acids is 1. The summed E-state index contributed by atoms with van der Waals surface area (Å²) in [5.41, 5.74) is 0.0779. The van der Waals surface area contributed by atoms with Crippen LogP contribution in [0.15, 0.2) is 0 Å². The molecule has 2 bridgehead atoms. The molecule has 23 heavy (non-hydrogen) atoms. The maximum absolute atomic E-state index is 12.1. The number of carbonyl (C=O) groups is 1. The summed E-state index contributed by atoms with van der Waals surface area (Å²) >= 11 is 0. The van der Waals surface area contributed by atoms with Gasteiger partial charge in [-0.3, -0.25) is 4.79 Å². The van der Waals surface area contributed by atoms with Gasteiger partial charge < -0.3 is 10.2 Å². The number of hydrogen-bond acceptors (Lipinski definition) is 2. The summed E-state index contributed by atoms with van der Waals surface area (Å²) in [4.78, 5) is 12.1. The fourth-order valence-electron chi connectivity index (χ4n) is 7.93. The van der Waals surface area contributed by atoms with Crippen LogP contribution < -0.4 is 0 Å². The number of rotatable bonds is 2. The van der Waals surface area contributed by atoms with E-state index < -0.39 is 11.4 Å². The fraction of sp³-hybridized carbons (Fsp3) is 0.950. The second-order valence-electron chi connectivity index (χ2n) is 9.77. The Labute approximate surface area is 139 Å². The van der Waals surface area contributed by atoms with Crippen molar-refractivity contribution in [3.63, 3.8) is 0 Å². The van der Waals surface area contributed by atoms with Crippen LogP contribution in [0.3, 0.4) is 0 Å². The van der Waals surface area contributed by atoms with E-state index >= 15 is 0 Å². The van der Waals surface area contributed by atoms with Crippen molar-refractivity contribution < 1.29 is 15.0 Å². The molecule has 5 aliphatic rings. The number of aliphatic hydroxyl groups excluding tert-OH is 1. The Morgan fingerprint density at radius 3 is 2.52 bits per heavy atom. The molecule has 0 radical (unpaired) electrons. The number of hydrogen-bond donors (Lipinski definition) is 2. The highest BCUT2D eigenvalue weighted by molar-refractivity contribution is 5.75. The van der Waals surface area contributed by atoms with Gasteiger partial charge in [0.05, 0.1) is 5.41 Å². The van der Waals surface area contributed by atoms with Gasteiger partial charge in [0.25, 0.3) is 0 Å². The molecule has 0 aromatic carbocycles. The number of carboxylic acids is 1. The first-order valence-corrected chi connectivity index (χ1v) is 9.70. The number of carboxylic acid groups (broad SMARTS) is 1. The van der Waals surface area contributed by atoms with Crippen LogP contribution in [0.25, 0.3) is 0 Å². The Hall–Kier alpha value is -0.570. The van der Waals surface area contributed by atoms with Gasteiger partial charge in [-0.1, -0.05) is 13.3 Å². The van der Waals surface area contributed by atoms with E-state index in [1.165, 1.54) is 38.5 Å². The molecule has 0 amide bonds. The summed E-state index contributed by atoms with van der Waals surface area (Å²) in [6.45, 7) is 4.80. The molecule has 5 fully saturated rings. The average molecular weight is 320 g/mol. The lowest BCUT2D eigenvalue weighted by molar-refractivity contribution is -0.207. The summed E-state index contributed by atoms with van der Waals surface area (Å²) in [5.74, 6) is 1.65. The molecule has 5 saturated carbocycles. The zero-order valence-electron chi connectivity index (χ0n) is 14.7. The van der Waals surface area contributed by atoms with Gasteiger partial charge in [0, 0.05) is 6.61 Å². The predicted octanol–water partition coefficient (Wildman–Crippen LogP) is 4.09. The van der Waals surface area contributed by atoms with Crippen molar-refractivity contribution in [1.29, 1.82) is 0 Å². The third kappa shape index (κ3) is 1.95. The first kappa shape index (κ1) is 15.9. The van der Waals surface area contributed by atoms with E-state index in [-0.39, 0.29) is 5.41 Å². The maximum atomic E-state index is 12.1. The van der Waals surface area contributed by atoms with Gasteiger partial charge in [-0.15, -0.1) is 0 Å². The van der Waals surface area contributed by atoms with Crippen LogP contribution in [0.2, 0.25) is 0 Å². The molecular weight excluding hydrogens is 288 g/mol. The van der Waals surface area contributed by atoms with Gasteiger partial charge in [-0.2, -0.15) is 0 Å². The summed E-state index contributed by atoms with van der Waals surface area (Å²) in [6, 6.07) is 0. The second kappa shape index (κ2) is 4.97. The van der Waals surface area contributed by atoms with Crippen LogP contribution in [-0.2, 0) is 4.79 Å². The second-order valence-corrected chi connectivity index (χ2v) is 9.77. The Morgan fingerprint density at radius 2 is 1.83 bits per heavy atom. The number of aliphatic hydroxyl groups is 1. The van der Waals surface area contributed by atoms with Crippen molar-refractivity contribution in [2.24, 2.45) is 39.9 Å². The molecule has 0 unspecified atom stereocenters. The maximum Gasteiger partial charge on any atom is 0.309 e. The van der Waals surface area contributed by atoms with Gasteiger partial charge in [-0.25, -0.2) is 0 Å². The van der Waals surface area contributed by atoms with Crippen molar-refractivity contribution in [2.75, 3.05) is 6.61 Å². The lowest BCUT2D eigenvalue weighted by atomic mass is 9.36. The summed E-state index contributed by atoms with van der Waals surface area (Å²) in [7, 11) is 0. The molecule has 5 rings (SSSR count). The summed E-state index contributed by atoms with van der Waals surface area (Å²) in [5, 5.41) is 19.7. The van der Waals surface area contributed by atoms with Crippen molar-refractivity contribution in [3.05, 3.63) is 0 Å². The standard InChI is InChI=1S/C20H32O3/c1-18-6-3-7-19(2,17(22)23)15(18)5-9-20-8-4-13(10-16(18)20)14(11-20)12-21/h13-16,21H,3-12H2,1-2H3,(H,22,23)/t13-,14+,15-,16-,18+,19+,20+/m0/s1. The van der Waals surface area contributed by atoms with Crippen molar-refractivity contribution in [3.8, 4) is 0 Å². The Balaban J connectivity index is 1.71. The van der Waals surface area contributed by atoms with Crippen LogP contribution in [0.4, 0.5) is 0 Å². The highest BCUT2D eigenvalue weighted by Gasteiger charge is 2.65. The van der Waals surface area contributed by atoms with Gasteiger partial charge in [0.15, 0.2) is 0 Å². The minimum Gasteiger partial charge on any atom is -0.481 e. The molecule has 0 heterocycles. The van der Waals surface area contributed by atoms with E-state index in [4.69, 9.17) is 0 Å². The normalized spacial score (nSPS) is 55.1. The molecule has 3 nitrogen and oxygen atoms in total. The van der Waals surface area contributed by atoms with Crippen molar-refractivity contribution in [2.45, 2.75) is 71.6 Å². The lowest BCUT2D eigenvalue weighted by Gasteiger charge is -2.68. The molecule has 2 N–H and O–H groups in total. The highest BCUT2D eigenvalue weighted by Crippen LogP contribution is 2.72. The number of fused-ring (bicyclic) bond motifs is 3. The largest absolute Gasteiger partial charge is 0.481 e. The van der Waals surface area contributed by atoms with E-state index in [0.717, 1.165) is 19.3 Å². The van der Waals surface area contributed by atoms with E-state index in [9.17, 15) is 15.0 Å². The molecule has 7 atom stereocenters. The first-order valence-electron chi connectivity index (χ1n) is 9.70. The predicted molar refractivity (Wildman–Crippen MR) is 88.9 cm³/mol. The SMILES string of the molecule is C[C@@]12CCC[C@@](C)(C(=O)O)[C@H]1CC[C@@]13CC[C@@H](C[C@H]12)[C@@H](CO)C3. The van der Waals surface area contributed by atoms with Crippen LogP contribution >= 0.6 is 0 Å². The molecule has 3 heteroatoms. The smallest absolute Gasteiger partial charge is 0.309 e. The van der Waals surface area contributed by atoms with Gasteiger partial charge in [0.2, 0.25) is 0 Å². The summed E-state index contributed by atoms with van der Waals surface area (Å²) < 4.78 is 0. The lowest BCUT2D eigenvalue weighted by Crippen LogP contribution is -2.62. The van der Waals surface area contributed by atoms with Crippen LogP contribution in [-0.4, -0.2) is 22.8 Å². The average Bonchev–Trinajstić information content (AvgIpc) is 2.54. The van der Waals surface area contributed by atoms with Crippen molar-refractivity contribution >= 4 is 5.97 Å². The zero-order valence-corrected chi connectivity index (χ0v) is 14.7. The topological polar surface area (TPSA) is 57.5 Å². The Morgan fingerprint density at radius 1 is 1.09 bits per heavy atom. The van der Waals surface area contributed by atoms with Gasteiger partial charge >= 0.3 is 5.97 Å². The minimum absolute atomic E-state index is 0.197. The molecule has 0 saturated heterocycles. The highest BCUT2D eigenvalue weighted by atomic mass is 16.4. The molecule has 0 aromatic heterocycles. The van der Waals surface area contributed by atoms with Crippen molar-refractivity contribution in [1.82, 2.24) is 0 Å². The molecule has 0 aliphatic heterocycles. The zero-order chi connectivity index (χ0) is 16.5.